The lowest BCUT2D eigenvalue weighted by Crippen LogP contribution is -2.59. The Balaban J connectivity index is 1.46. The summed E-state index contributed by atoms with van der Waals surface area (Å²) in [4.78, 5) is 33.5. The molecule has 0 radical (unpaired) electrons. The molecule has 1 unspecified atom stereocenters. The second-order valence-electron chi connectivity index (χ2n) is 8.05. The number of piperazine rings is 1. The predicted molar refractivity (Wildman–Crippen MR) is 132 cm³/mol. The minimum Gasteiger partial charge on any atom is -0.611 e. The van der Waals surface area contributed by atoms with E-state index in [1.165, 1.54) is 24.6 Å². The van der Waals surface area contributed by atoms with Gasteiger partial charge in [0, 0.05) is 41.4 Å². The summed E-state index contributed by atoms with van der Waals surface area (Å²) in [5.41, 5.74) is 1.42. The molecule has 0 N–H and O–H groups in total. The Labute approximate surface area is 210 Å². The minimum atomic E-state index is -1.70. The smallest absolute Gasteiger partial charge is 0.268 e. The van der Waals surface area contributed by atoms with Crippen LogP contribution in [-0.4, -0.2) is 57.1 Å². The van der Waals surface area contributed by atoms with Crippen LogP contribution < -0.4 is 4.90 Å². The van der Waals surface area contributed by atoms with Gasteiger partial charge in [-0.05, 0) is 61.4 Å². The molecule has 34 heavy (non-hydrogen) atoms. The van der Waals surface area contributed by atoms with Crippen LogP contribution in [0.25, 0.3) is 0 Å². The highest BCUT2D eigenvalue weighted by Crippen LogP contribution is 2.29. The molecular weight excluding hydrogens is 497 g/mol. The van der Waals surface area contributed by atoms with Crippen molar-refractivity contribution in [3.05, 3.63) is 76.4 Å². The van der Waals surface area contributed by atoms with Gasteiger partial charge in [-0.3, -0.25) is 9.59 Å². The number of carbonyl (C=O) groups excluding carboxylic acids is 2. The van der Waals surface area contributed by atoms with Crippen molar-refractivity contribution in [2.75, 3.05) is 23.7 Å². The van der Waals surface area contributed by atoms with Gasteiger partial charge in [-0.1, -0.05) is 29.3 Å². The first-order valence-electron chi connectivity index (χ1n) is 10.7. The Bertz CT molecular complexity index is 1190. The molecule has 1 aliphatic heterocycles. The zero-order chi connectivity index (χ0) is 24.4. The van der Waals surface area contributed by atoms with Gasteiger partial charge in [-0.2, -0.15) is 0 Å². The first kappa shape index (κ1) is 24.6. The van der Waals surface area contributed by atoms with E-state index in [1.807, 2.05) is 36.1 Å². The fraction of sp³-hybridized carbons (Fsp3) is 0.292. The summed E-state index contributed by atoms with van der Waals surface area (Å²) in [6, 6.07) is 12.3. The highest BCUT2D eigenvalue weighted by molar-refractivity contribution is 7.92. The van der Waals surface area contributed by atoms with E-state index in [0.29, 0.717) is 23.7 Å². The number of halogens is 2. The van der Waals surface area contributed by atoms with E-state index >= 15 is 0 Å². The zero-order valence-electron chi connectivity index (χ0n) is 18.6. The van der Waals surface area contributed by atoms with Crippen molar-refractivity contribution in [2.24, 2.45) is 0 Å². The van der Waals surface area contributed by atoms with E-state index in [2.05, 4.69) is 16.8 Å². The summed E-state index contributed by atoms with van der Waals surface area (Å²) in [5, 5.41) is 0.841. The standard InChI is InChI=1S/C24H23Cl2N3O4S/c1-15-16(2)29(10-9-28(15)19-5-3-4-18(25)13-19)24(31)17-6-7-22(20(26)12-17)34(32)14-21(30)23-27-8-11-33-23/h3-8,11-13,15-16H,9-10,14H2,1-2H3/t15-,16-,34?/m0/s1. The van der Waals surface area contributed by atoms with Gasteiger partial charge in [0.25, 0.3) is 17.6 Å². The highest BCUT2D eigenvalue weighted by Gasteiger charge is 2.34. The van der Waals surface area contributed by atoms with E-state index < -0.39 is 17.0 Å². The van der Waals surface area contributed by atoms with Crippen LogP contribution in [0, 0.1) is 0 Å². The summed E-state index contributed by atoms with van der Waals surface area (Å²) in [7, 11) is 0. The molecule has 3 aromatic rings. The van der Waals surface area contributed by atoms with Crippen molar-refractivity contribution >= 4 is 51.8 Å². The molecule has 7 nitrogen and oxygen atoms in total. The fourth-order valence-corrected chi connectivity index (χ4v) is 5.69. The number of amides is 1. The second kappa shape index (κ2) is 10.4. The van der Waals surface area contributed by atoms with Crippen LogP contribution in [0.3, 0.4) is 0 Å². The minimum absolute atomic E-state index is 0.0637. The van der Waals surface area contributed by atoms with Crippen molar-refractivity contribution < 1.29 is 18.6 Å². The summed E-state index contributed by atoms with van der Waals surface area (Å²) in [5.74, 6) is -1.05. The average molecular weight is 520 g/mol. The van der Waals surface area contributed by atoms with E-state index in [4.69, 9.17) is 27.6 Å². The Morgan fingerprint density at radius 2 is 1.94 bits per heavy atom. The Kier molecular flexibility index (Phi) is 7.52. The number of hydrogen-bond donors (Lipinski definition) is 0. The quantitative estimate of drug-likeness (QED) is 0.346. The summed E-state index contributed by atoms with van der Waals surface area (Å²) >= 11 is 10.8. The molecule has 1 aromatic heterocycles. The maximum atomic E-state index is 13.3. The summed E-state index contributed by atoms with van der Waals surface area (Å²) < 4.78 is 17.6. The monoisotopic (exact) mass is 519 g/mol. The summed E-state index contributed by atoms with van der Waals surface area (Å²) in [6.07, 6.45) is 2.63. The van der Waals surface area contributed by atoms with Crippen molar-refractivity contribution in [3.63, 3.8) is 0 Å². The third-order valence-electron chi connectivity index (χ3n) is 6.02. The number of Topliss-reactive ketones (excluding diaryl/α,β-unsaturated/α-hetero) is 1. The first-order valence-corrected chi connectivity index (χ1v) is 12.8. The van der Waals surface area contributed by atoms with Gasteiger partial charge >= 0.3 is 0 Å². The number of rotatable bonds is 6. The lowest BCUT2D eigenvalue weighted by molar-refractivity contribution is 0.0634. The molecule has 2 aromatic carbocycles. The molecule has 3 atom stereocenters. The van der Waals surface area contributed by atoms with Crippen LogP contribution in [0.15, 0.2) is 64.2 Å². The molecule has 0 saturated carbocycles. The Hall–Kier alpha value is -2.52. The SMILES string of the molecule is C[C@H]1[C@H](C)N(c2cccc(Cl)c2)CCN1C(=O)c1ccc([S+]([O-])CC(=O)c2ncco2)c(Cl)c1. The number of aromatic nitrogens is 1. The fourth-order valence-electron chi connectivity index (χ4n) is 4.05. The van der Waals surface area contributed by atoms with Gasteiger partial charge < -0.3 is 18.8 Å². The van der Waals surface area contributed by atoms with Crippen LogP contribution in [-0.2, 0) is 11.2 Å². The molecule has 0 spiro atoms. The lowest BCUT2D eigenvalue weighted by Gasteiger charge is -2.46. The molecule has 4 rings (SSSR count). The number of ketones is 1. The van der Waals surface area contributed by atoms with Crippen molar-refractivity contribution in [3.8, 4) is 0 Å². The maximum Gasteiger partial charge on any atom is 0.268 e. The van der Waals surface area contributed by atoms with Crippen LogP contribution in [0.1, 0.15) is 34.9 Å². The molecule has 0 aliphatic carbocycles. The molecule has 0 bridgehead atoms. The molecule has 1 fully saturated rings. The van der Waals surface area contributed by atoms with Crippen LogP contribution in [0.2, 0.25) is 10.0 Å². The third kappa shape index (κ3) is 5.10. The van der Waals surface area contributed by atoms with Gasteiger partial charge in [0.15, 0.2) is 10.6 Å². The Morgan fingerprint density at radius 1 is 1.15 bits per heavy atom. The van der Waals surface area contributed by atoms with Crippen LogP contribution in [0.4, 0.5) is 5.69 Å². The first-order chi connectivity index (χ1) is 16.3. The van der Waals surface area contributed by atoms with E-state index in [-0.39, 0.29) is 39.6 Å². The number of anilines is 1. The normalized spacial score (nSPS) is 19.2. The molecule has 1 amide bonds. The van der Waals surface area contributed by atoms with Crippen LogP contribution in [0.5, 0.6) is 0 Å². The molecule has 178 valence electrons. The molecular formula is C24H23Cl2N3O4S. The molecule has 1 saturated heterocycles. The zero-order valence-corrected chi connectivity index (χ0v) is 20.9. The average Bonchev–Trinajstić information content (AvgIpc) is 3.35. The molecule has 2 heterocycles. The largest absolute Gasteiger partial charge is 0.611 e. The predicted octanol–water partition coefficient (Wildman–Crippen LogP) is 4.71. The molecule has 10 heteroatoms. The summed E-state index contributed by atoms with van der Waals surface area (Å²) in [6.45, 7) is 5.29. The molecule has 1 aliphatic rings. The topological polar surface area (TPSA) is 89.7 Å². The second-order valence-corrected chi connectivity index (χ2v) is 10.3. The van der Waals surface area contributed by atoms with Gasteiger partial charge in [0.1, 0.15) is 6.26 Å². The van der Waals surface area contributed by atoms with Crippen molar-refractivity contribution in [1.29, 1.82) is 0 Å². The van der Waals surface area contributed by atoms with Gasteiger partial charge in [-0.15, -0.1) is 0 Å². The van der Waals surface area contributed by atoms with E-state index in [9.17, 15) is 14.1 Å². The number of hydrogen-bond acceptors (Lipinski definition) is 6. The van der Waals surface area contributed by atoms with Gasteiger partial charge in [0.2, 0.25) is 0 Å². The van der Waals surface area contributed by atoms with Crippen molar-refractivity contribution in [1.82, 2.24) is 9.88 Å². The lowest BCUT2D eigenvalue weighted by atomic mass is 10.0. The van der Waals surface area contributed by atoms with E-state index in [1.54, 1.807) is 6.07 Å². The van der Waals surface area contributed by atoms with E-state index in [0.717, 1.165) is 5.69 Å². The van der Waals surface area contributed by atoms with Crippen molar-refractivity contribution in [2.45, 2.75) is 30.8 Å². The number of nitrogens with zero attached hydrogens (tertiary/aromatic N) is 3. The van der Waals surface area contributed by atoms with Crippen LogP contribution >= 0.6 is 23.2 Å². The van der Waals surface area contributed by atoms with Gasteiger partial charge in [-0.25, -0.2) is 4.98 Å². The number of benzene rings is 2. The highest BCUT2D eigenvalue weighted by atomic mass is 35.5. The number of carbonyl (C=O) groups is 2. The maximum absolute atomic E-state index is 13.3. The number of oxazole rings is 1. The van der Waals surface area contributed by atoms with Gasteiger partial charge in [0.05, 0.1) is 11.2 Å². The third-order valence-corrected chi connectivity index (χ3v) is 8.05. The Morgan fingerprint density at radius 3 is 2.62 bits per heavy atom.